The maximum atomic E-state index is 13.3. The van der Waals surface area contributed by atoms with Crippen LogP contribution in [-0.4, -0.2) is 45.3 Å². The van der Waals surface area contributed by atoms with Gasteiger partial charge in [0.05, 0.1) is 9.92 Å². The lowest BCUT2D eigenvalue weighted by Gasteiger charge is -2.12. The first-order chi connectivity index (χ1) is 14.1. The van der Waals surface area contributed by atoms with E-state index in [1.807, 2.05) is 0 Å². The molecule has 0 aliphatic carbocycles. The first-order valence-corrected chi connectivity index (χ1v) is 11.1. The van der Waals surface area contributed by atoms with Crippen LogP contribution in [0.5, 0.6) is 0 Å². The minimum absolute atomic E-state index is 0.0725. The Bertz CT molecular complexity index is 1220. The number of nitrogens with one attached hydrogen (secondary N) is 1. The van der Waals surface area contributed by atoms with E-state index in [-0.39, 0.29) is 14.8 Å². The molecule has 11 heteroatoms. The predicted octanol–water partition coefficient (Wildman–Crippen LogP) is 3.74. The van der Waals surface area contributed by atoms with Gasteiger partial charge >= 0.3 is 5.97 Å². The first kappa shape index (κ1) is 22.2. The maximum Gasteiger partial charge on any atom is 0.350 e. The molecule has 1 N–H and O–H groups in total. The molecule has 0 radical (unpaired) electrons. The number of hydrogen-bond acceptors (Lipinski definition) is 6. The van der Waals surface area contributed by atoms with Gasteiger partial charge in [0.1, 0.15) is 10.7 Å². The molecule has 1 amide bonds. The van der Waals surface area contributed by atoms with Gasteiger partial charge < -0.3 is 10.1 Å². The molecule has 0 saturated carbocycles. The van der Waals surface area contributed by atoms with E-state index in [0.29, 0.717) is 15.8 Å². The molecule has 3 aromatic rings. The van der Waals surface area contributed by atoms with Crippen molar-refractivity contribution >= 4 is 60.6 Å². The molecular formula is C19H16ClFN2O5S2. The topological polar surface area (TPSA) is 92.8 Å². The quantitative estimate of drug-likeness (QED) is 0.554. The van der Waals surface area contributed by atoms with Gasteiger partial charge in [-0.2, -0.15) is 0 Å². The van der Waals surface area contributed by atoms with Gasteiger partial charge in [-0.25, -0.2) is 21.9 Å². The number of ether oxygens (including phenoxy) is 1. The van der Waals surface area contributed by atoms with Gasteiger partial charge in [0.2, 0.25) is 10.0 Å². The normalized spacial score (nSPS) is 11.6. The number of carbonyl (C=O) groups excluding carboxylic acids is 2. The van der Waals surface area contributed by atoms with Gasteiger partial charge in [-0.1, -0.05) is 11.6 Å². The average Bonchev–Trinajstić information content (AvgIpc) is 3.02. The monoisotopic (exact) mass is 470 g/mol. The molecule has 1 aromatic heterocycles. The number of carbonyl (C=O) groups is 2. The highest BCUT2D eigenvalue weighted by Crippen LogP contribution is 2.36. The number of rotatable bonds is 6. The van der Waals surface area contributed by atoms with Crippen LogP contribution < -0.4 is 5.32 Å². The molecule has 7 nitrogen and oxygen atoms in total. The van der Waals surface area contributed by atoms with Crippen molar-refractivity contribution in [3.63, 3.8) is 0 Å². The summed E-state index contributed by atoms with van der Waals surface area (Å²) in [5, 5.41) is 3.16. The van der Waals surface area contributed by atoms with Crippen LogP contribution in [0.3, 0.4) is 0 Å². The second-order valence-electron chi connectivity index (χ2n) is 6.32. The Morgan fingerprint density at radius 2 is 1.83 bits per heavy atom. The third kappa shape index (κ3) is 4.62. The lowest BCUT2D eigenvalue weighted by molar-refractivity contribution is -0.119. The molecule has 158 valence electrons. The van der Waals surface area contributed by atoms with Crippen LogP contribution in [-0.2, 0) is 19.6 Å². The minimum Gasteiger partial charge on any atom is -0.451 e. The third-order valence-electron chi connectivity index (χ3n) is 4.03. The number of thiophene rings is 1. The summed E-state index contributed by atoms with van der Waals surface area (Å²) >= 11 is 7.13. The Labute approximate surface area is 181 Å². The van der Waals surface area contributed by atoms with Crippen molar-refractivity contribution in [2.75, 3.05) is 26.0 Å². The van der Waals surface area contributed by atoms with Crippen molar-refractivity contribution in [1.82, 2.24) is 4.31 Å². The summed E-state index contributed by atoms with van der Waals surface area (Å²) in [5.41, 5.74) is 0.337. The van der Waals surface area contributed by atoms with Gasteiger partial charge in [0.15, 0.2) is 6.61 Å². The molecule has 0 spiro atoms. The molecule has 0 aliphatic rings. The van der Waals surface area contributed by atoms with E-state index in [0.717, 1.165) is 15.6 Å². The smallest absolute Gasteiger partial charge is 0.350 e. The summed E-state index contributed by atoms with van der Waals surface area (Å²) in [6.07, 6.45) is 0. The van der Waals surface area contributed by atoms with Crippen molar-refractivity contribution in [3.05, 3.63) is 58.2 Å². The second-order valence-corrected chi connectivity index (χ2v) is 9.90. The molecular weight excluding hydrogens is 455 g/mol. The molecule has 0 bridgehead atoms. The molecule has 0 fully saturated rings. The molecule has 0 aliphatic heterocycles. The van der Waals surface area contributed by atoms with Crippen molar-refractivity contribution in [2.45, 2.75) is 4.90 Å². The Morgan fingerprint density at radius 1 is 1.17 bits per heavy atom. The summed E-state index contributed by atoms with van der Waals surface area (Å²) in [4.78, 5) is 24.4. The number of halogens is 2. The fraction of sp³-hybridized carbons (Fsp3) is 0.158. The third-order valence-corrected chi connectivity index (χ3v) is 7.49. The maximum absolute atomic E-state index is 13.3. The summed E-state index contributed by atoms with van der Waals surface area (Å²) in [6.45, 7) is -0.574. The van der Waals surface area contributed by atoms with Crippen molar-refractivity contribution in [1.29, 1.82) is 0 Å². The highest BCUT2D eigenvalue weighted by Gasteiger charge is 2.20. The minimum atomic E-state index is -3.58. The van der Waals surface area contributed by atoms with E-state index in [1.165, 1.54) is 56.6 Å². The van der Waals surface area contributed by atoms with Gasteiger partial charge in [-0.15, -0.1) is 11.3 Å². The Kier molecular flexibility index (Phi) is 6.41. The lowest BCUT2D eigenvalue weighted by Crippen LogP contribution is -2.22. The molecule has 0 atom stereocenters. The summed E-state index contributed by atoms with van der Waals surface area (Å²) in [7, 11) is -0.745. The zero-order valence-corrected chi connectivity index (χ0v) is 18.2. The number of anilines is 1. The van der Waals surface area contributed by atoms with Crippen LogP contribution in [0.25, 0.3) is 10.1 Å². The van der Waals surface area contributed by atoms with E-state index >= 15 is 0 Å². The predicted molar refractivity (Wildman–Crippen MR) is 113 cm³/mol. The summed E-state index contributed by atoms with van der Waals surface area (Å²) in [6, 6.07) is 9.52. The van der Waals surface area contributed by atoms with Crippen molar-refractivity contribution in [3.8, 4) is 0 Å². The van der Waals surface area contributed by atoms with Gasteiger partial charge in [0.25, 0.3) is 5.91 Å². The van der Waals surface area contributed by atoms with Crippen LogP contribution in [0, 0.1) is 5.82 Å². The highest BCUT2D eigenvalue weighted by atomic mass is 35.5. The Balaban J connectivity index is 1.62. The number of esters is 1. The number of sulfonamides is 1. The zero-order chi connectivity index (χ0) is 22.1. The van der Waals surface area contributed by atoms with Crippen LogP contribution >= 0.6 is 22.9 Å². The Morgan fingerprint density at radius 3 is 2.47 bits per heavy atom. The standard InChI is InChI=1S/C19H16ClFN2O5S2/c1-23(2)30(26,27)13-6-4-12(5-7-13)22-16(24)10-28-19(25)18-17(20)14-8-3-11(21)9-15(14)29-18/h3-9H,10H2,1-2H3,(H,22,24). The van der Waals surface area contributed by atoms with Crippen molar-refractivity contribution in [2.24, 2.45) is 0 Å². The fourth-order valence-electron chi connectivity index (χ4n) is 2.49. The fourth-order valence-corrected chi connectivity index (χ4v) is 4.81. The lowest BCUT2D eigenvalue weighted by atomic mass is 10.2. The van der Waals surface area contributed by atoms with E-state index in [9.17, 15) is 22.4 Å². The number of nitrogens with zero attached hydrogens (tertiary/aromatic N) is 1. The van der Waals surface area contributed by atoms with E-state index in [2.05, 4.69) is 5.32 Å². The van der Waals surface area contributed by atoms with Crippen molar-refractivity contribution < 1.29 is 27.1 Å². The molecule has 30 heavy (non-hydrogen) atoms. The number of hydrogen-bond donors (Lipinski definition) is 1. The molecule has 0 unspecified atom stereocenters. The summed E-state index contributed by atoms with van der Waals surface area (Å²) in [5.74, 6) is -1.87. The average molecular weight is 471 g/mol. The largest absolute Gasteiger partial charge is 0.451 e. The first-order valence-electron chi connectivity index (χ1n) is 8.46. The second kappa shape index (κ2) is 8.68. The molecule has 1 heterocycles. The molecule has 2 aromatic carbocycles. The number of amides is 1. The number of benzene rings is 2. The number of fused-ring (bicyclic) bond motifs is 1. The van der Waals surface area contributed by atoms with E-state index in [1.54, 1.807) is 0 Å². The van der Waals surface area contributed by atoms with Crippen LogP contribution in [0.1, 0.15) is 9.67 Å². The Hall–Kier alpha value is -2.53. The van der Waals surface area contributed by atoms with Crippen LogP contribution in [0.2, 0.25) is 5.02 Å². The molecule has 3 rings (SSSR count). The summed E-state index contributed by atoms with van der Waals surface area (Å²) < 4.78 is 44.0. The van der Waals surface area contributed by atoms with E-state index in [4.69, 9.17) is 16.3 Å². The van der Waals surface area contributed by atoms with Crippen LogP contribution in [0.4, 0.5) is 10.1 Å². The SMILES string of the molecule is CN(C)S(=O)(=O)c1ccc(NC(=O)COC(=O)c2sc3cc(F)ccc3c2Cl)cc1. The van der Waals surface area contributed by atoms with Gasteiger partial charge in [0, 0.05) is 29.9 Å². The van der Waals surface area contributed by atoms with Gasteiger partial charge in [-0.3, -0.25) is 4.79 Å². The highest BCUT2D eigenvalue weighted by molar-refractivity contribution is 7.89. The van der Waals surface area contributed by atoms with Gasteiger partial charge in [-0.05, 0) is 42.5 Å². The molecule has 0 saturated heterocycles. The van der Waals surface area contributed by atoms with Crippen LogP contribution in [0.15, 0.2) is 47.4 Å². The zero-order valence-electron chi connectivity index (χ0n) is 15.8. The van der Waals surface area contributed by atoms with E-state index < -0.39 is 34.3 Å².